The van der Waals surface area contributed by atoms with Crippen LogP contribution in [0.25, 0.3) is 0 Å². The Morgan fingerprint density at radius 2 is 1.75 bits per heavy atom. The summed E-state index contributed by atoms with van der Waals surface area (Å²) in [7, 11) is 0. The molecule has 0 spiro atoms. The summed E-state index contributed by atoms with van der Waals surface area (Å²) in [4.78, 5) is 2.59. The average Bonchev–Trinajstić information content (AvgIpc) is 2.28. The van der Waals surface area contributed by atoms with Gasteiger partial charge >= 0.3 is 0 Å². The van der Waals surface area contributed by atoms with Gasteiger partial charge in [0.15, 0.2) is 0 Å². The molecular formula is C14H30N2. The van der Waals surface area contributed by atoms with Gasteiger partial charge in [-0.15, -0.1) is 0 Å². The number of nitrogens with zero attached hydrogens (tertiary/aromatic N) is 1. The fraction of sp³-hybridized carbons (Fsp3) is 1.00. The fourth-order valence-electron chi connectivity index (χ4n) is 2.62. The summed E-state index contributed by atoms with van der Waals surface area (Å²) >= 11 is 0. The van der Waals surface area contributed by atoms with Gasteiger partial charge in [-0.3, -0.25) is 4.90 Å². The second-order valence-electron chi connectivity index (χ2n) is 5.45. The Balaban J connectivity index is 2.02. The zero-order chi connectivity index (χ0) is 11.8. The van der Waals surface area contributed by atoms with Crippen LogP contribution >= 0.6 is 0 Å². The lowest BCUT2D eigenvalue weighted by Gasteiger charge is -2.36. The molecular weight excluding hydrogens is 196 g/mol. The largest absolute Gasteiger partial charge is 0.327 e. The summed E-state index contributed by atoms with van der Waals surface area (Å²) in [6.45, 7) is 7.01. The summed E-state index contributed by atoms with van der Waals surface area (Å²) in [5, 5.41) is 0. The number of unbranched alkanes of at least 4 members (excludes halogenated alkanes) is 5. The highest BCUT2D eigenvalue weighted by atomic mass is 15.2. The lowest BCUT2D eigenvalue weighted by Crippen LogP contribution is -2.47. The zero-order valence-corrected chi connectivity index (χ0v) is 11.3. The van der Waals surface area contributed by atoms with Crippen molar-refractivity contribution in [2.24, 2.45) is 5.73 Å². The van der Waals surface area contributed by atoms with Crippen molar-refractivity contribution in [3.63, 3.8) is 0 Å². The van der Waals surface area contributed by atoms with Crippen LogP contribution in [0.1, 0.15) is 65.2 Å². The first-order valence-corrected chi connectivity index (χ1v) is 7.23. The van der Waals surface area contributed by atoms with Gasteiger partial charge in [-0.05, 0) is 32.7 Å². The number of piperidine rings is 1. The van der Waals surface area contributed by atoms with Crippen LogP contribution < -0.4 is 5.73 Å². The zero-order valence-electron chi connectivity index (χ0n) is 11.3. The highest BCUT2D eigenvalue weighted by molar-refractivity contribution is 4.80. The van der Waals surface area contributed by atoms with E-state index in [4.69, 9.17) is 5.73 Å². The van der Waals surface area contributed by atoms with Crippen LogP contribution in [0.3, 0.4) is 0 Å². The van der Waals surface area contributed by atoms with E-state index in [1.165, 1.54) is 57.9 Å². The third kappa shape index (κ3) is 5.31. The van der Waals surface area contributed by atoms with Crippen LogP contribution in [0, 0.1) is 0 Å². The van der Waals surface area contributed by atoms with Crippen LogP contribution in [-0.2, 0) is 0 Å². The van der Waals surface area contributed by atoms with Crippen molar-refractivity contribution in [1.29, 1.82) is 0 Å². The van der Waals surface area contributed by atoms with Gasteiger partial charge in [0.2, 0.25) is 0 Å². The molecule has 2 N–H and O–H groups in total. The van der Waals surface area contributed by atoms with E-state index in [0.717, 1.165) is 12.6 Å². The molecule has 0 radical (unpaired) electrons. The molecule has 0 amide bonds. The first kappa shape index (κ1) is 14.0. The molecule has 1 heterocycles. The molecule has 0 aromatic heterocycles. The van der Waals surface area contributed by atoms with Crippen LogP contribution in [0.5, 0.6) is 0 Å². The Labute approximate surface area is 102 Å². The molecule has 2 unspecified atom stereocenters. The number of nitrogens with two attached hydrogens (primary N) is 1. The molecule has 16 heavy (non-hydrogen) atoms. The maximum absolute atomic E-state index is 6.02. The highest BCUT2D eigenvalue weighted by Gasteiger charge is 2.22. The van der Waals surface area contributed by atoms with Gasteiger partial charge in [-0.1, -0.05) is 39.0 Å². The van der Waals surface area contributed by atoms with E-state index in [0.29, 0.717) is 6.04 Å². The standard InChI is InChI=1S/C14H30N2/c1-3-4-5-6-7-8-11-16-12-14(15)10-9-13(16)2/h13-14H,3-12,15H2,1-2H3. The molecule has 1 fully saturated rings. The van der Waals surface area contributed by atoms with Crippen molar-refractivity contribution in [1.82, 2.24) is 4.90 Å². The predicted octanol–water partition coefficient (Wildman–Crippen LogP) is 3.16. The monoisotopic (exact) mass is 226 g/mol. The third-order valence-electron chi connectivity index (χ3n) is 3.85. The summed E-state index contributed by atoms with van der Waals surface area (Å²) < 4.78 is 0. The molecule has 96 valence electrons. The molecule has 2 nitrogen and oxygen atoms in total. The Morgan fingerprint density at radius 3 is 2.50 bits per heavy atom. The maximum Gasteiger partial charge on any atom is 0.0168 e. The quantitative estimate of drug-likeness (QED) is 0.676. The van der Waals surface area contributed by atoms with E-state index < -0.39 is 0 Å². The third-order valence-corrected chi connectivity index (χ3v) is 3.85. The van der Waals surface area contributed by atoms with Crippen molar-refractivity contribution in [2.45, 2.75) is 77.3 Å². The van der Waals surface area contributed by atoms with Crippen LogP contribution in [-0.4, -0.2) is 30.1 Å². The van der Waals surface area contributed by atoms with E-state index in [1.807, 2.05) is 0 Å². The lowest BCUT2D eigenvalue weighted by molar-refractivity contribution is 0.143. The van der Waals surface area contributed by atoms with Gasteiger partial charge in [-0.2, -0.15) is 0 Å². The molecule has 0 bridgehead atoms. The smallest absolute Gasteiger partial charge is 0.0168 e. The van der Waals surface area contributed by atoms with E-state index in [2.05, 4.69) is 18.7 Å². The van der Waals surface area contributed by atoms with Gasteiger partial charge in [0.05, 0.1) is 0 Å². The van der Waals surface area contributed by atoms with Gasteiger partial charge < -0.3 is 5.73 Å². The van der Waals surface area contributed by atoms with Crippen LogP contribution in [0.2, 0.25) is 0 Å². The predicted molar refractivity (Wildman–Crippen MR) is 71.6 cm³/mol. The van der Waals surface area contributed by atoms with Crippen molar-refractivity contribution in [3.05, 3.63) is 0 Å². The minimum Gasteiger partial charge on any atom is -0.327 e. The Hall–Kier alpha value is -0.0800. The molecule has 0 aromatic rings. The number of rotatable bonds is 7. The van der Waals surface area contributed by atoms with E-state index >= 15 is 0 Å². The molecule has 0 aromatic carbocycles. The van der Waals surface area contributed by atoms with Gasteiger partial charge in [0.25, 0.3) is 0 Å². The summed E-state index contributed by atoms with van der Waals surface area (Å²) in [6.07, 6.45) is 10.9. The van der Waals surface area contributed by atoms with Crippen LogP contribution in [0.4, 0.5) is 0 Å². The molecule has 1 saturated heterocycles. The van der Waals surface area contributed by atoms with E-state index in [9.17, 15) is 0 Å². The van der Waals surface area contributed by atoms with Crippen molar-refractivity contribution >= 4 is 0 Å². The SMILES string of the molecule is CCCCCCCCN1CC(N)CCC1C. The molecule has 2 atom stereocenters. The minimum atomic E-state index is 0.427. The second-order valence-corrected chi connectivity index (χ2v) is 5.45. The molecule has 2 heteroatoms. The summed E-state index contributed by atoms with van der Waals surface area (Å²) in [6, 6.07) is 1.19. The van der Waals surface area contributed by atoms with E-state index in [1.54, 1.807) is 0 Å². The molecule has 1 aliphatic rings. The van der Waals surface area contributed by atoms with Crippen molar-refractivity contribution in [2.75, 3.05) is 13.1 Å². The van der Waals surface area contributed by atoms with Gasteiger partial charge in [-0.25, -0.2) is 0 Å². The first-order valence-electron chi connectivity index (χ1n) is 7.23. The summed E-state index contributed by atoms with van der Waals surface area (Å²) in [5.74, 6) is 0. The number of hydrogen-bond acceptors (Lipinski definition) is 2. The molecule has 0 aliphatic carbocycles. The molecule has 0 saturated carbocycles. The maximum atomic E-state index is 6.02. The van der Waals surface area contributed by atoms with E-state index in [-0.39, 0.29) is 0 Å². The molecule has 1 rings (SSSR count). The average molecular weight is 226 g/mol. The Morgan fingerprint density at radius 1 is 1.06 bits per heavy atom. The topological polar surface area (TPSA) is 29.3 Å². The summed E-state index contributed by atoms with van der Waals surface area (Å²) in [5.41, 5.74) is 6.02. The minimum absolute atomic E-state index is 0.427. The van der Waals surface area contributed by atoms with Gasteiger partial charge in [0, 0.05) is 18.6 Å². The highest BCUT2D eigenvalue weighted by Crippen LogP contribution is 2.16. The Bertz CT molecular complexity index is 170. The molecule has 1 aliphatic heterocycles. The first-order chi connectivity index (χ1) is 7.74. The number of likely N-dealkylation sites (tertiary alicyclic amines) is 1. The lowest BCUT2D eigenvalue weighted by atomic mass is 9.99. The normalized spacial score (nSPS) is 27.2. The van der Waals surface area contributed by atoms with Crippen LogP contribution in [0.15, 0.2) is 0 Å². The fourth-order valence-corrected chi connectivity index (χ4v) is 2.62. The number of hydrogen-bond donors (Lipinski definition) is 1. The van der Waals surface area contributed by atoms with Crippen molar-refractivity contribution in [3.8, 4) is 0 Å². The van der Waals surface area contributed by atoms with Gasteiger partial charge in [0.1, 0.15) is 0 Å². The second kappa shape index (κ2) is 8.08. The van der Waals surface area contributed by atoms with Crippen molar-refractivity contribution < 1.29 is 0 Å². The Kier molecular flexibility index (Phi) is 7.06.